The molecule has 4 N–H and O–H groups in total. The zero-order valence-corrected chi connectivity index (χ0v) is 43.8. The Balaban J connectivity index is 0.853. The van der Waals surface area contributed by atoms with Crippen LogP contribution in [0.4, 0.5) is 20.3 Å². The summed E-state index contributed by atoms with van der Waals surface area (Å²) < 4.78 is 67.8. The molecule has 1 saturated heterocycles. The lowest BCUT2D eigenvalue weighted by Crippen LogP contribution is -2.58. The molecule has 2 aromatic carbocycles. The van der Waals surface area contributed by atoms with Gasteiger partial charge in [0.2, 0.25) is 17.7 Å². The number of halogens is 2. The number of aromatic amines is 1. The number of benzene rings is 2. The van der Waals surface area contributed by atoms with Crippen LogP contribution in [0.2, 0.25) is 0 Å². The molecule has 0 aliphatic carbocycles. The number of aromatic nitrogens is 4. The third kappa shape index (κ3) is 11.7. The van der Waals surface area contributed by atoms with Crippen LogP contribution in [0.15, 0.2) is 71.4 Å². The van der Waals surface area contributed by atoms with E-state index < -0.39 is 56.5 Å². The van der Waals surface area contributed by atoms with Crippen molar-refractivity contribution in [1.29, 1.82) is 0 Å². The number of sulfone groups is 1. The molecule has 2 aliphatic heterocycles. The Kier molecular flexibility index (Phi) is 15.8. The first-order valence-electron chi connectivity index (χ1n) is 24.1. The van der Waals surface area contributed by atoms with Gasteiger partial charge in [-0.2, -0.15) is 0 Å². The number of carbonyl (C=O) groups excluding carboxylic acids is 4. The quantitative estimate of drug-likeness (QED) is 0.0728. The summed E-state index contributed by atoms with van der Waals surface area (Å²) in [6.07, 6.45) is 6.20. The number of thiazole rings is 1. The number of likely N-dealkylation sites (tertiary alicyclic amines) is 1. The number of nitrogens with zero attached hydrogens (tertiary/aromatic N) is 5. The van der Waals surface area contributed by atoms with Crippen molar-refractivity contribution in [3.8, 4) is 21.6 Å². The second-order valence-electron chi connectivity index (χ2n) is 19.8. The molecule has 3 atom stereocenters. The minimum absolute atomic E-state index is 0.000710. The van der Waals surface area contributed by atoms with E-state index >= 15 is 4.39 Å². The van der Waals surface area contributed by atoms with Gasteiger partial charge in [0.25, 0.3) is 11.5 Å². The molecule has 4 amide bonds. The fourth-order valence-corrected chi connectivity index (χ4v) is 11.0. The first kappa shape index (κ1) is 53.4. The summed E-state index contributed by atoms with van der Waals surface area (Å²) in [6.45, 7) is 9.29. The summed E-state index contributed by atoms with van der Waals surface area (Å²) in [5, 5.41) is 9.17. The number of H-pyrrole nitrogens is 1. The number of hydrogen-bond acceptors (Lipinski definition) is 13. The van der Waals surface area contributed by atoms with Gasteiger partial charge in [-0.25, -0.2) is 27.2 Å². The fraction of sp³-hybridized carbons (Fsp3) is 0.404. The Morgan fingerprint density at radius 3 is 2.43 bits per heavy atom. The zero-order chi connectivity index (χ0) is 53.2. The first-order valence-corrected chi connectivity index (χ1v) is 27.0. The number of ether oxygens (including phenoxy) is 2. The SMILES string of the molecule is Cc1ncsc1-c1ccc([C@H](C)NC(=O)[C@@H]2CCCN2C(=O)[C@@H](NC(=O)COCCOCCNC(=O)c2cc3c(cc2CS(C)(=O)=O)-c2cn(C)c(=O)c4[nH]cc(c24)CN3c2ncc(F)cc2F)C(C)(C)C)cc1. The van der Waals surface area contributed by atoms with Crippen LogP contribution in [0.5, 0.6) is 0 Å². The number of anilines is 2. The van der Waals surface area contributed by atoms with Gasteiger partial charge in [0.05, 0.1) is 66.1 Å². The summed E-state index contributed by atoms with van der Waals surface area (Å²) in [6, 6.07) is 9.64. The van der Waals surface area contributed by atoms with Crippen LogP contribution in [0.25, 0.3) is 32.5 Å². The number of pyridine rings is 2. The van der Waals surface area contributed by atoms with Crippen molar-refractivity contribution in [1.82, 2.24) is 40.4 Å². The van der Waals surface area contributed by atoms with E-state index in [4.69, 9.17) is 9.47 Å². The second kappa shape index (κ2) is 21.9. The Bertz CT molecular complexity index is 3300. The van der Waals surface area contributed by atoms with Gasteiger partial charge in [0, 0.05) is 66.9 Å². The van der Waals surface area contributed by atoms with E-state index in [1.807, 2.05) is 64.4 Å². The van der Waals surface area contributed by atoms with Gasteiger partial charge in [-0.1, -0.05) is 45.0 Å². The van der Waals surface area contributed by atoms with Crippen molar-refractivity contribution in [2.45, 2.75) is 77.9 Å². The number of hydrogen-bond donors (Lipinski definition) is 4. The van der Waals surface area contributed by atoms with Crippen LogP contribution in [-0.2, 0) is 53.0 Å². The minimum atomic E-state index is -3.72. The van der Waals surface area contributed by atoms with Crippen LogP contribution in [0, 0.1) is 24.0 Å². The van der Waals surface area contributed by atoms with E-state index in [0.29, 0.717) is 47.5 Å². The molecule has 18 nitrogen and oxygen atoms in total. The highest BCUT2D eigenvalue weighted by Crippen LogP contribution is 2.45. The second-order valence-corrected chi connectivity index (χ2v) is 22.8. The third-order valence-electron chi connectivity index (χ3n) is 13.1. The van der Waals surface area contributed by atoms with Gasteiger partial charge in [-0.15, -0.1) is 11.3 Å². The molecule has 0 saturated carbocycles. The molecule has 6 aromatic rings. The van der Waals surface area contributed by atoms with E-state index in [0.717, 1.165) is 34.2 Å². The van der Waals surface area contributed by atoms with E-state index in [2.05, 4.69) is 30.9 Å². The molecule has 392 valence electrons. The van der Waals surface area contributed by atoms with Gasteiger partial charge < -0.3 is 44.8 Å². The summed E-state index contributed by atoms with van der Waals surface area (Å²) in [5.41, 5.74) is 5.79. The van der Waals surface area contributed by atoms with Crippen molar-refractivity contribution >= 4 is 67.2 Å². The number of aryl methyl sites for hydroxylation is 2. The standard InChI is InChI=1S/C52H59F2N9O9S2/c1-29(31-10-12-32(13-11-31)45-30(2)58-28-73-45)59-49(66)40-9-8-15-62(40)51(68)46(52(3,4)5)60-42(64)26-72-18-17-71-16-14-55-48(65)36-21-41-37(19-33(36)27-74(7,69)70)38-25-61(6)50(67)44-43(38)34(22-56-44)24-63(41)47-39(54)20-35(53)23-57-47/h10-13,19-23,25,28-29,40,46,56H,8-9,14-18,24,26-27H2,1-7H3,(H,55,65)(H,59,66)(H,60,64)/t29-,40-,46+/m0/s1. The fourth-order valence-electron chi connectivity index (χ4n) is 9.43. The predicted octanol–water partition coefficient (Wildman–Crippen LogP) is 6.00. The number of carbonyl (C=O) groups is 4. The highest BCUT2D eigenvalue weighted by molar-refractivity contribution is 7.89. The van der Waals surface area contributed by atoms with E-state index in [1.165, 1.54) is 21.6 Å². The summed E-state index contributed by atoms with van der Waals surface area (Å²) in [7, 11) is -2.17. The topological polar surface area (TPSA) is 227 Å². The maximum Gasteiger partial charge on any atom is 0.274 e. The lowest BCUT2D eigenvalue weighted by atomic mass is 9.85. The number of fused-ring (bicyclic) bond motifs is 2. The minimum Gasteiger partial charge on any atom is -0.377 e. The highest BCUT2D eigenvalue weighted by Gasteiger charge is 2.42. The largest absolute Gasteiger partial charge is 0.377 e. The Labute approximate surface area is 430 Å². The lowest BCUT2D eigenvalue weighted by molar-refractivity contribution is -0.144. The van der Waals surface area contributed by atoms with Crippen LogP contribution < -0.4 is 26.4 Å². The molecule has 6 heterocycles. The van der Waals surface area contributed by atoms with E-state index in [9.17, 15) is 36.8 Å². The van der Waals surface area contributed by atoms with E-state index in [-0.39, 0.29) is 91.1 Å². The van der Waals surface area contributed by atoms with Crippen LogP contribution in [0.1, 0.15) is 79.3 Å². The van der Waals surface area contributed by atoms with Gasteiger partial charge in [0.1, 0.15) is 30.0 Å². The van der Waals surface area contributed by atoms with E-state index in [1.54, 1.807) is 35.7 Å². The normalized spacial score (nSPS) is 15.4. The summed E-state index contributed by atoms with van der Waals surface area (Å²) in [4.78, 5) is 83.5. The predicted molar refractivity (Wildman–Crippen MR) is 276 cm³/mol. The zero-order valence-electron chi connectivity index (χ0n) is 42.1. The molecule has 0 radical (unpaired) electrons. The molecular formula is C52H59F2N9O9S2. The van der Waals surface area contributed by atoms with Gasteiger partial charge >= 0.3 is 0 Å². The number of nitrogens with one attached hydrogen (secondary N) is 4. The molecule has 2 aliphatic rings. The van der Waals surface area contributed by atoms with Crippen LogP contribution >= 0.6 is 11.3 Å². The maximum atomic E-state index is 15.5. The molecule has 22 heteroatoms. The number of rotatable bonds is 18. The van der Waals surface area contributed by atoms with Gasteiger partial charge in [-0.05, 0) is 66.5 Å². The van der Waals surface area contributed by atoms with Crippen molar-refractivity contribution in [3.05, 3.63) is 117 Å². The average Bonchev–Trinajstić information content (AvgIpc) is 4.10. The first-order chi connectivity index (χ1) is 35.1. The monoisotopic (exact) mass is 1060 g/mol. The van der Waals surface area contributed by atoms with Crippen molar-refractivity contribution in [2.24, 2.45) is 12.5 Å². The van der Waals surface area contributed by atoms with Gasteiger partial charge in [-0.3, -0.25) is 24.0 Å². The highest BCUT2D eigenvalue weighted by atomic mass is 32.2. The molecule has 74 heavy (non-hydrogen) atoms. The van der Waals surface area contributed by atoms with Gasteiger partial charge in [0.15, 0.2) is 21.5 Å². The van der Waals surface area contributed by atoms with Crippen LogP contribution in [-0.4, -0.2) is 114 Å². The average molecular weight is 1060 g/mol. The summed E-state index contributed by atoms with van der Waals surface area (Å²) >= 11 is 1.57. The number of amides is 4. The van der Waals surface area contributed by atoms with Crippen molar-refractivity contribution in [3.63, 3.8) is 0 Å². The molecular weight excluding hydrogens is 997 g/mol. The molecule has 0 unspecified atom stereocenters. The Morgan fingerprint density at radius 2 is 1.74 bits per heavy atom. The molecule has 8 rings (SSSR count). The molecule has 4 aromatic heterocycles. The molecule has 1 fully saturated rings. The lowest BCUT2D eigenvalue weighted by Gasteiger charge is -2.35. The smallest absolute Gasteiger partial charge is 0.274 e. The maximum absolute atomic E-state index is 15.5. The van der Waals surface area contributed by atoms with Crippen LogP contribution in [0.3, 0.4) is 0 Å². The Morgan fingerprint density at radius 1 is 1.00 bits per heavy atom. The van der Waals surface area contributed by atoms with Crippen molar-refractivity contribution < 1.29 is 45.9 Å². The third-order valence-corrected chi connectivity index (χ3v) is 14.9. The molecule has 0 bridgehead atoms. The van der Waals surface area contributed by atoms with Crippen molar-refractivity contribution in [2.75, 3.05) is 50.7 Å². The Hall–Kier alpha value is -6.88. The summed E-state index contributed by atoms with van der Waals surface area (Å²) in [5.74, 6) is -4.51. The molecule has 0 spiro atoms.